The van der Waals surface area contributed by atoms with Crippen molar-refractivity contribution in [3.63, 3.8) is 0 Å². The molecule has 1 aliphatic carbocycles. The number of rotatable bonds is 9. The quantitative estimate of drug-likeness (QED) is 0.601. The third-order valence-corrected chi connectivity index (χ3v) is 3.49. The highest BCUT2D eigenvalue weighted by Crippen LogP contribution is 2.26. The lowest BCUT2D eigenvalue weighted by molar-refractivity contribution is 0.665. The summed E-state index contributed by atoms with van der Waals surface area (Å²) in [4.78, 5) is 0. The Bertz CT molecular complexity index is 375. The van der Waals surface area contributed by atoms with E-state index in [1.54, 1.807) is 0 Å². The predicted molar refractivity (Wildman–Crippen MR) is 84.6 cm³/mol. The van der Waals surface area contributed by atoms with E-state index in [9.17, 15) is 0 Å². The van der Waals surface area contributed by atoms with Gasteiger partial charge in [-0.05, 0) is 36.8 Å². The van der Waals surface area contributed by atoms with Crippen molar-refractivity contribution in [3.05, 3.63) is 48.0 Å². The number of hydrogen-bond donors (Lipinski definition) is 2. The summed E-state index contributed by atoms with van der Waals surface area (Å²) in [6.45, 7) is 10.4. The van der Waals surface area contributed by atoms with Crippen LogP contribution >= 0.6 is 0 Å². The van der Waals surface area contributed by atoms with Crippen LogP contribution in [-0.4, -0.2) is 7.05 Å². The van der Waals surface area contributed by atoms with Gasteiger partial charge in [-0.2, -0.15) is 0 Å². The molecule has 1 rings (SSSR count). The monoisotopic (exact) mass is 260 g/mol. The summed E-state index contributed by atoms with van der Waals surface area (Å²) in [7, 11) is 1.88. The second-order valence-corrected chi connectivity index (χ2v) is 5.10. The lowest BCUT2D eigenvalue weighted by Gasteiger charge is -2.20. The van der Waals surface area contributed by atoms with E-state index in [2.05, 4.69) is 42.9 Å². The van der Waals surface area contributed by atoms with Crippen molar-refractivity contribution >= 4 is 0 Å². The molecule has 0 bridgehead atoms. The zero-order valence-electron chi connectivity index (χ0n) is 12.5. The highest BCUT2D eigenvalue weighted by atomic mass is 15.1. The molecule has 0 spiro atoms. The van der Waals surface area contributed by atoms with Gasteiger partial charge in [-0.25, -0.2) is 0 Å². The Labute approximate surface area is 118 Å². The lowest BCUT2D eigenvalue weighted by Crippen LogP contribution is -2.23. The molecule has 0 aromatic carbocycles. The molecule has 0 aliphatic heterocycles. The fourth-order valence-corrected chi connectivity index (χ4v) is 2.27. The Hall–Kier alpha value is -1.44. The van der Waals surface area contributed by atoms with Crippen LogP contribution in [0, 0.1) is 0 Å². The third kappa shape index (κ3) is 5.37. The molecule has 0 aromatic rings. The first kappa shape index (κ1) is 15.6. The molecule has 1 aliphatic rings. The molecule has 2 heteroatoms. The number of unbranched alkanes of at least 4 members (excludes halogenated alkanes) is 3. The Morgan fingerprint density at radius 2 is 2.05 bits per heavy atom. The van der Waals surface area contributed by atoms with Gasteiger partial charge in [0.15, 0.2) is 0 Å². The topological polar surface area (TPSA) is 24.1 Å². The fourth-order valence-electron chi connectivity index (χ4n) is 2.27. The smallest absolute Gasteiger partial charge is 0.0952 e. The zero-order chi connectivity index (χ0) is 14.1. The standard InChI is InChI=1S/C17H28N2/c1-5-6-7-8-11-14(2)16-12-9-10-13-17(16)19-15(3)18-4/h9,12,18-19H,2-3,5-8,10-11,13H2,1,4H3. The van der Waals surface area contributed by atoms with E-state index in [4.69, 9.17) is 0 Å². The SMILES string of the molecule is C=C(NC)NC1=C(C(=C)CCCCCC)C=CCC1. The van der Waals surface area contributed by atoms with Crippen LogP contribution in [0.5, 0.6) is 0 Å². The molecule has 0 aromatic heterocycles. The van der Waals surface area contributed by atoms with Crippen LogP contribution < -0.4 is 10.6 Å². The first-order valence-electron chi connectivity index (χ1n) is 7.40. The van der Waals surface area contributed by atoms with E-state index >= 15 is 0 Å². The molecule has 0 radical (unpaired) electrons. The van der Waals surface area contributed by atoms with Gasteiger partial charge >= 0.3 is 0 Å². The van der Waals surface area contributed by atoms with Crippen LogP contribution in [-0.2, 0) is 0 Å². The molecule has 2 N–H and O–H groups in total. The molecule has 0 unspecified atom stereocenters. The van der Waals surface area contributed by atoms with Crippen LogP contribution in [0.25, 0.3) is 0 Å². The summed E-state index contributed by atoms with van der Waals surface area (Å²) in [5.74, 6) is 0.849. The van der Waals surface area contributed by atoms with Gasteiger partial charge in [-0.3, -0.25) is 0 Å². The average molecular weight is 260 g/mol. The van der Waals surface area contributed by atoms with E-state index in [1.165, 1.54) is 42.5 Å². The molecule has 0 fully saturated rings. The Morgan fingerprint density at radius 3 is 2.74 bits per heavy atom. The second kappa shape index (κ2) is 8.63. The van der Waals surface area contributed by atoms with E-state index in [0.717, 1.165) is 25.1 Å². The van der Waals surface area contributed by atoms with Crippen molar-refractivity contribution in [1.82, 2.24) is 10.6 Å². The first-order chi connectivity index (χ1) is 9.19. The van der Waals surface area contributed by atoms with E-state index in [-0.39, 0.29) is 0 Å². The van der Waals surface area contributed by atoms with Crippen molar-refractivity contribution in [2.24, 2.45) is 0 Å². The Morgan fingerprint density at radius 1 is 1.26 bits per heavy atom. The van der Waals surface area contributed by atoms with Crippen LogP contribution in [0.1, 0.15) is 51.9 Å². The fraction of sp³-hybridized carbons (Fsp3) is 0.529. The van der Waals surface area contributed by atoms with Gasteiger partial charge in [-0.1, -0.05) is 51.5 Å². The maximum atomic E-state index is 4.26. The highest BCUT2D eigenvalue weighted by molar-refractivity contribution is 5.44. The summed E-state index contributed by atoms with van der Waals surface area (Å²) in [6.07, 6.45) is 12.8. The molecule has 2 nitrogen and oxygen atoms in total. The maximum Gasteiger partial charge on any atom is 0.0952 e. The number of allylic oxidation sites excluding steroid dienone is 5. The summed E-state index contributed by atoms with van der Waals surface area (Å²) in [6, 6.07) is 0. The van der Waals surface area contributed by atoms with Crippen molar-refractivity contribution < 1.29 is 0 Å². The first-order valence-corrected chi connectivity index (χ1v) is 7.40. The summed E-state index contributed by atoms with van der Waals surface area (Å²) < 4.78 is 0. The van der Waals surface area contributed by atoms with Gasteiger partial charge < -0.3 is 10.6 Å². The molecule has 0 saturated heterocycles. The van der Waals surface area contributed by atoms with E-state index in [0.29, 0.717) is 0 Å². The molecular weight excluding hydrogens is 232 g/mol. The van der Waals surface area contributed by atoms with E-state index in [1.807, 2.05) is 7.05 Å². The minimum Gasteiger partial charge on any atom is -0.375 e. The largest absolute Gasteiger partial charge is 0.375 e. The highest BCUT2D eigenvalue weighted by Gasteiger charge is 2.11. The van der Waals surface area contributed by atoms with Gasteiger partial charge in [0.2, 0.25) is 0 Å². The van der Waals surface area contributed by atoms with Gasteiger partial charge in [0.05, 0.1) is 5.82 Å². The zero-order valence-corrected chi connectivity index (χ0v) is 12.5. The Kier molecular flexibility index (Phi) is 7.09. The van der Waals surface area contributed by atoms with Gasteiger partial charge in [0.1, 0.15) is 0 Å². The van der Waals surface area contributed by atoms with Crippen molar-refractivity contribution in [3.8, 4) is 0 Å². The maximum absolute atomic E-state index is 4.26. The van der Waals surface area contributed by atoms with Crippen LogP contribution in [0.3, 0.4) is 0 Å². The minimum absolute atomic E-state index is 0.849. The van der Waals surface area contributed by atoms with Gasteiger partial charge in [0.25, 0.3) is 0 Å². The summed E-state index contributed by atoms with van der Waals surface area (Å²) in [5, 5.41) is 6.40. The van der Waals surface area contributed by atoms with Crippen LogP contribution in [0.4, 0.5) is 0 Å². The number of hydrogen-bond acceptors (Lipinski definition) is 2. The van der Waals surface area contributed by atoms with Crippen LogP contribution in [0.2, 0.25) is 0 Å². The van der Waals surface area contributed by atoms with Gasteiger partial charge in [0, 0.05) is 12.7 Å². The average Bonchev–Trinajstić information content (AvgIpc) is 2.43. The second-order valence-electron chi connectivity index (χ2n) is 5.10. The summed E-state index contributed by atoms with van der Waals surface area (Å²) >= 11 is 0. The van der Waals surface area contributed by atoms with Crippen molar-refractivity contribution in [2.45, 2.75) is 51.9 Å². The predicted octanol–water partition coefficient (Wildman–Crippen LogP) is 4.40. The molecule has 106 valence electrons. The minimum atomic E-state index is 0.849. The number of nitrogens with one attached hydrogen (secondary N) is 2. The summed E-state index contributed by atoms with van der Waals surface area (Å²) in [5.41, 5.74) is 3.78. The molecule has 0 atom stereocenters. The van der Waals surface area contributed by atoms with E-state index < -0.39 is 0 Å². The normalized spacial score (nSPS) is 14.4. The van der Waals surface area contributed by atoms with Gasteiger partial charge in [-0.15, -0.1) is 0 Å². The molecule has 0 heterocycles. The molecule has 0 saturated carbocycles. The Balaban J connectivity index is 2.61. The van der Waals surface area contributed by atoms with Crippen molar-refractivity contribution in [1.29, 1.82) is 0 Å². The van der Waals surface area contributed by atoms with Crippen LogP contribution in [0.15, 0.2) is 48.0 Å². The lowest BCUT2D eigenvalue weighted by atomic mass is 9.94. The molecule has 19 heavy (non-hydrogen) atoms. The third-order valence-electron chi connectivity index (χ3n) is 3.49. The molecule has 0 amide bonds. The molecular formula is C17H28N2. The van der Waals surface area contributed by atoms with Crippen molar-refractivity contribution in [2.75, 3.05) is 7.05 Å².